The van der Waals surface area contributed by atoms with Gasteiger partial charge in [-0.2, -0.15) is 9.97 Å². The molecular weight excluding hydrogens is 546 g/mol. The smallest absolute Gasteiger partial charge is 0.414 e. The van der Waals surface area contributed by atoms with E-state index >= 15 is 0 Å². The van der Waals surface area contributed by atoms with E-state index in [2.05, 4.69) is 9.97 Å². The number of carbonyl (C=O) groups excluding carboxylic acids is 1. The van der Waals surface area contributed by atoms with E-state index in [1.54, 1.807) is 17.2 Å². The standard InChI is InChI=1S/C29H31N5O6S/c1-20-7-6-10-23-25(20)33(29(37)40-19-21-8-4-3-5-9-21)12-11-32(23)24-17-22-18-30-28(41(2)38)31-26(22)34(27(24)36)13-15-39-16-14-35/h3-10,17-18,35H,11-16,19H2,1-2H3. The van der Waals surface area contributed by atoms with Gasteiger partial charge in [-0.3, -0.25) is 14.3 Å². The summed E-state index contributed by atoms with van der Waals surface area (Å²) < 4.78 is 24.6. The number of benzene rings is 2. The molecule has 0 saturated heterocycles. The summed E-state index contributed by atoms with van der Waals surface area (Å²) in [6.45, 7) is 3.05. The number of pyridine rings is 1. The second-order valence-electron chi connectivity index (χ2n) is 9.49. The first-order valence-electron chi connectivity index (χ1n) is 13.2. The van der Waals surface area contributed by atoms with E-state index in [1.165, 1.54) is 10.8 Å². The first-order valence-corrected chi connectivity index (χ1v) is 14.7. The van der Waals surface area contributed by atoms with Crippen LogP contribution >= 0.6 is 0 Å². The zero-order chi connectivity index (χ0) is 28.9. The summed E-state index contributed by atoms with van der Waals surface area (Å²) in [7, 11) is 0. The monoisotopic (exact) mass is 577 g/mol. The van der Waals surface area contributed by atoms with Crippen molar-refractivity contribution >= 4 is 45.4 Å². The highest BCUT2D eigenvalue weighted by molar-refractivity contribution is 7.90. The molecule has 41 heavy (non-hydrogen) atoms. The molecule has 0 saturated carbocycles. The van der Waals surface area contributed by atoms with E-state index < -0.39 is 17.3 Å². The summed E-state index contributed by atoms with van der Waals surface area (Å²) in [6.07, 6.45) is 2.57. The molecule has 11 nitrogen and oxygen atoms in total. The fraction of sp³-hybridized carbons (Fsp3) is 0.310. The Morgan fingerprint density at radius 3 is 2.66 bits per heavy atom. The molecule has 1 amide bonds. The number of hydrogen-bond acceptors (Lipinski definition) is 9. The molecule has 0 radical (unpaired) electrons. The molecular formula is C29H31N5O6S. The maximum atomic E-state index is 14.0. The van der Waals surface area contributed by atoms with Gasteiger partial charge >= 0.3 is 11.2 Å². The molecule has 1 aliphatic heterocycles. The average molecular weight is 578 g/mol. The second-order valence-corrected chi connectivity index (χ2v) is 10.8. The van der Waals surface area contributed by atoms with Crippen molar-refractivity contribution in [1.29, 1.82) is 0 Å². The second kappa shape index (κ2) is 12.7. The highest BCUT2D eigenvalue weighted by atomic mass is 32.2. The summed E-state index contributed by atoms with van der Waals surface area (Å²) in [5.74, 6) is 0. The van der Waals surface area contributed by atoms with Crippen molar-refractivity contribution in [2.24, 2.45) is 0 Å². The number of carbonyl (C=O) groups is 1. The number of para-hydroxylation sites is 1. The third-order valence-corrected chi connectivity index (χ3v) is 7.49. The van der Waals surface area contributed by atoms with Gasteiger partial charge in [0, 0.05) is 35.8 Å². The van der Waals surface area contributed by atoms with Gasteiger partial charge in [-0.15, -0.1) is 0 Å². The molecule has 1 aliphatic rings. The molecule has 4 aromatic rings. The average Bonchev–Trinajstić information content (AvgIpc) is 2.98. The van der Waals surface area contributed by atoms with Crippen LogP contribution in [-0.2, 0) is 33.8 Å². The van der Waals surface area contributed by atoms with Gasteiger partial charge in [-0.05, 0) is 30.2 Å². The number of aliphatic hydroxyl groups is 1. The van der Waals surface area contributed by atoms with Gasteiger partial charge in [0.2, 0.25) is 0 Å². The number of hydrogen-bond donors (Lipinski definition) is 1. The quantitative estimate of drug-likeness (QED) is 0.181. The largest absolute Gasteiger partial charge is 0.609 e. The van der Waals surface area contributed by atoms with E-state index in [9.17, 15) is 14.1 Å². The van der Waals surface area contributed by atoms with Crippen molar-refractivity contribution in [3.63, 3.8) is 0 Å². The zero-order valence-electron chi connectivity index (χ0n) is 22.9. The third-order valence-electron chi connectivity index (χ3n) is 6.78. The van der Waals surface area contributed by atoms with Gasteiger partial charge in [0.25, 0.3) is 5.56 Å². The van der Waals surface area contributed by atoms with Crippen LogP contribution in [0.4, 0.5) is 21.9 Å². The third kappa shape index (κ3) is 6.05. The Morgan fingerprint density at radius 2 is 1.90 bits per heavy atom. The van der Waals surface area contributed by atoms with E-state index in [4.69, 9.17) is 14.6 Å². The lowest BCUT2D eigenvalue weighted by molar-refractivity contribution is 0.0870. The fourth-order valence-corrected chi connectivity index (χ4v) is 5.28. The van der Waals surface area contributed by atoms with Crippen molar-refractivity contribution < 1.29 is 23.9 Å². The predicted molar refractivity (Wildman–Crippen MR) is 156 cm³/mol. The van der Waals surface area contributed by atoms with Crippen LogP contribution in [0, 0.1) is 6.92 Å². The van der Waals surface area contributed by atoms with Crippen LogP contribution in [0.1, 0.15) is 11.1 Å². The summed E-state index contributed by atoms with van der Waals surface area (Å²) in [5.41, 5.74) is 3.53. The van der Waals surface area contributed by atoms with Gasteiger partial charge in [-0.25, -0.2) is 4.79 Å². The molecule has 1 unspecified atom stereocenters. The fourth-order valence-electron chi connectivity index (χ4n) is 4.86. The van der Waals surface area contributed by atoms with Crippen LogP contribution in [0.25, 0.3) is 11.0 Å². The molecule has 0 bridgehead atoms. The van der Waals surface area contributed by atoms with Crippen LogP contribution in [0.3, 0.4) is 0 Å². The number of ether oxygens (including phenoxy) is 2. The van der Waals surface area contributed by atoms with Crippen molar-refractivity contribution in [3.05, 3.63) is 82.3 Å². The lowest BCUT2D eigenvalue weighted by atomic mass is 10.1. The normalized spacial score (nSPS) is 13.8. The summed E-state index contributed by atoms with van der Waals surface area (Å²) >= 11 is -1.44. The van der Waals surface area contributed by atoms with Crippen molar-refractivity contribution in [1.82, 2.24) is 14.5 Å². The SMILES string of the molecule is Cc1cccc2c1N(C(=O)OCc1ccccc1)CCN2c1cc2cnc([S+](C)[O-])nc2n(CCOCCO)c1=O. The molecule has 0 aliphatic carbocycles. The topological polar surface area (TPSA) is 133 Å². The Hall–Kier alpha value is -3.97. The molecule has 12 heteroatoms. The van der Waals surface area contributed by atoms with Crippen LogP contribution in [-0.4, -0.2) is 69.5 Å². The Kier molecular flexibility index (Phi) is 8.84. The minimum Gasteiger partial charge on any atom is -0.609 e. The van der Waals surface area contributed by atoms with E-state index in [-0.39, 0.29) is 43.7 Å². The Morgan fingerprint density at radius 1 is 1.10 bits per heavy atom. The lowest BCUT2D eigenvalue weighted by Crippen LogP contribution is -2.44. The van der Waals surface area contributed by atoms with Gasteiger partial charge < -0.3 is 24.0 Å². The number of rotatable bonds is 9. The maximum absolute atomic E-state index is 14.0. The molecule has 1 atom stereocenters. The maximum Gasteiger partial charge on any atom is 0.414 e. The molecule has 5 rings (SSSR count). The Bertz CT molecular complexity index is 1600. The summed E-state index contributed by atoms with van der Waals surface area (Å²) in [4.78, 5) is 39.4. The zero-order valence-corrected chi connectivity index (χ0v) is 23.7. The highest BCUT2D eigenvalue weighted by Crippen LogP contribution is 2.39. The van der Waals surface area contributed by atoms with Crippen molar-refractivity contribution in [2.75, 3.05) is 49.0 Å². The lowest BCUT2D eigenvalue weighted by Gasteiger charge is -2.38. The number of anilines is 3. The number of amides is 1. The van der Waals surface area contributed by atoms with Crippen molar-refractivity contribution in [2.45, 2.75) is 25.2 Å². The van der Waals surface area contributed by atoms with Gasteiger partial charge in [0.05, 0.1) is 37.7 Å². The molecule has 214 valence electrons. The minimum atomic E-state index is -1.44. The number of fused-ring (bicyclic) bond motifs is 2. The van der Waals surface area contributed by atoms with Crippen LogP contribution in [0.15, 0.2) is 70.7 Å². The predicted octanol–water partition coefficient (Wildman–Crippen LogP) is 3.14. The minimum absolute atomic E-state index is 0.123. The van der Waals surface area contributed by atoms with E-state index in [0.717, 1.165) is 11.1 Å². The van der Waals surface area contributed by atoms with Crippen LogP contribution in [0.5, 0.6) is 0 Å². The molecule has 3 heterocycles. The Labute approximate surface area is 240 Å². The van der Waals surface area contributed by atoms with Crippen molar-refractivity contribution in [3.8, 4) is 0 Å². The number of aromatic nitrogens is 3. The summed E-state index contributed by atoms with van der Waals surface area (Å²) in [6, 6.07) is 16.9. The van der Waals surface area contributed by atoms with Gasteiger partial charge in [-0.1, -0.05) is 42.5 Å². The Balaban J connectivity index is 1.53. The van der Waals surface area contributed by atoms with Gasteiger partial charge in [0.1, 0.15) is 18.6 Å². The molecule has 0 spiro atoms. The van der Waals surface area contributed by atoms with E-state index in [0.29, 0.717) is 41.2 Å². The molecule has 1 N–H and O–H groups in total. The molecule has 0 fully saturated rings. The van der Waals surface area contributed by atoms with Crippen LogP contribution in [0.2, 0.25) is 0 Å². The van der Waals surface area contributed by atoms with Gasteiger partial charge in [0.15, 0.2) is 5.65 Å². The number of nitrogens with zero attached hydrogens (tertiary/aromatic N) is 5. The first kappa shape index (κ1) is 28.6. The van der Waals surface area contributed by atoms with E-state index in [1.807, 2.05) is 60.4 Å². The number of aryl methyl sites for hydroxylation is 1. The molecule has 2 aromatic heterocycles. The highest BCUT2D eigenvalue weighted by Gasteiger charge is 2.32. The van der Waals surface area contributed by atoms with Crippen LogP contribution < -0.4 is 15.4 Å². The number of aliphatic hydroxyl groups excluding tert-OH is 1. The first-order chi connectivity index (χ1) is 19.9. The molecule has 2 aromatic carbocycles. The summed E-state index contributed by atoms with van der Waals surface area (Å²) in [5, 5.41) is 9.79.